The van der Waals surface area contributed by atoms with Crippen LogP contribution in [0.15, 0.2) is 36.0 Å². The highest BCUT2D eigenvalue weighted by Gasteiger charge is 1.89. The van der Waals surface area contributed by atoms with Gasteiger partial charge in [-0.2, -0.15) is 0 Å². The average molecular weight is 148 g/mol. The van der Waals surface area contributed by atoms with Gasteiger partial charge >= 0.3 is 0 Å². The summed E-state index contributed by atoms with van der Waals surface area (Å²) in [6, 6.07) is 0. The molecule has 0 saturated heterocycles. The smallest absolute Gasteiger partial charge is 0.0163 e. The van der Waals surface area contributed by atoms with Gasteiger partial charge in [0.15, 0.2) is 0 Å². The Morgan fingerprint density at radius 3 is 2.91 bits per heavy atom. The Morgan fingerprint density at radius 2 is 2.00 bits per heavy atom. The summed E-state index contributed by atoms with van der Waals surface area (Å²) in [5.74, 6) is 0. The SMILES string of the molecule is CC1=CCC=CC=CCCC1. The standard InChI is InChI=1S/C11H16/c1-11-9-7-5-3-2-4-6-8-10-11/h2-5,9H,6-8,10H2,1H3. The van der Waals surface area contributed by atoms with Crippen LogP contribution in [0.25, 0.3) is 0 Å². The molecule has 60 valence electrons. The van der Waals surface area contributed by atoms with Crippen molar-refractivity contribution in [2.24, 2.45) is 0 Å². The van der Waals surface area contributed by atoms with Gasteiger partial charge < -0.3 is 0 Å². The largest absolute Gasteiger partial charge is 0.0845 e. The van der Waals surface area contributed by atoms with E-state index in [0.717, 1.165) is 6.42 Å². The van der Waals surface area contributed by atoms with Crippen molar-refractivity contribution >= 4 is 0 Å². The van der Waals surface area contributed by atoms with Crippen LogP contribution in [0.3, 0.4) is 0 Å². The second-order valence-electron chi connectivity index (χ2n) is 3.03. The van der Waals surface area contributed by atoms with Crippen LogP contribution >= 0.6 is 0 Å². The molecule has 0 N–H and O–H groups in total. The zero-order valence-electron chi connectivity index (χ0n) is 7.22. The minimum absolute atomic E-state index is 1.09. The fraction of sp³-hybridized carbons (Fsp3) is 0.455. The van der Waals surface area contributed by atoms with Gasteiger partial charge in [0.05, 0.1) is 0 Å². The first-order valence-corrected chi connectivity index (χ1v) is 4.37. The monoisotopic (exact) mass is 148 g/mol. The van der Waals surface area contributed by atoms with E-state index >= 15 is 0 Å². The topological polar surface area (TPSA) is 0 Å². The van der Waals surface area contributed by atoms with Crippen molar-refractivity contribution in [2.75, 3.05) is 0 Å². The third-order valence-electron chi connectivity index (χ3n) is 1.93. The molecule has 0 spiro atoms. The van der Waals surface area contributed by atoms with Crippen LogP contribution in [0.5, 0.6) is 0 Å². The molecule has 1 aliphatic rings. The van der Waals surface area contributed by atoms with E-state index in [1.54, 1.807) is 0 Å². The quantitative estimate of drug-likeness (QED) is 0.460. The molecule has 11 heavy (non-hydrogen) atoms. The second kappa shape index (κ2) is 4.95. The Kier molecular flexibility index (Phi) is 3.74. The predicted molar refractivity (Wildman–Crippen MR) is 50.5 cm³/mol. The summed E-state index contributed by atoms with van der Waals surface area (Å²) in [6.07, 6.45) is 15.9. The van der Waals surface area contributed by atoms with Crippen molar-refractivity contribution in [1.29, 1.82) is 0 Å². The summed E-state index contributed by atoms with van der Waals surface area (Å²) in [5, 5.41) is 0. The molecule has 0 aromatic rings. The number of hydrogen-bond acceptors (Lipinski definition) is 0. The first-order valence-electron chi connectivity index (χ1n) is 4.37. The molecule has 1 aliphatic carbocycles. The molecule has 0 unspecified atom stereocenters. The molecule has 0 aromatic heterocycles. The van der Waals surface area contributed by atoms with E-state index in [1.165, 1.54) is 24.8 Å². The molecule has 0 heteroatoms. The Balaban J connectivity index is 2.49. The summed E-state index contributed by atoms with van der Waals surface area (Å²) in [4.78, 5) is 0. The van der Waals surface area contributed by atoms with Gasteiger partial charge in [0, 0.05) is 0 Å². The Bertz CT molecular complexity index is 182. The van der Waals surface area contributed by atoms with Gasteiger partial charge in [-0.1, -0.05) is 36.0 Å². The number of allylic oxidation sites excluding steroid dienone is 6. The second-order valence-corrected chi connectivity index (χ2v) is 3.03. The minimum atomic E-state index is 1.09. The van der Waals surface area contributed by atoms with Crippen LogP contribution in [0.1, 0.15) is 32.6 Å². The molecule has 0 radical (unpaired) electrons. The summed E-state index contributed by atoms with van der Waals surface area (Å²) < 4.78 is 0. The number of hydrogen-bond donors (Lipinski definition) is 0. The molecule has 0 heterocycles. The maximum atomic E-state index is 2.32. The molecule has 0 atom stereocenters. The Morgan fingerprint density at radius 1 is 1.18 bits per heavy atom. The Hall–Kier alpha value is -0.780. The van der Waals surface area contributed by atoms with Crippen LogP contribution in [-0.4, -0.2) is 0 Å². The average Bonchev–Trinajstić information content (AvgIpc) is 2.03. The maximum Gasteiger partial charge on any atom is -0.0163 e. The number of rotatable bonds is 0. The first-order chi connectivity index (χ1) is 5.39. The fourth-order valence-electron chi connectivity index (χ4n) is 1.20. The molecule has 1 rings (SSSR count). The van der Waals surface area contributed by atoms with Crippen LogP contribution < -0.4 is 0 Å². The van der Waals surface area contributed by atoms with Crippen LogP contribution in [-0.2, 0) is 0 Å². The molecular weight excluding hydrogens is 132 g/mol. The first kappa shape index (κ1) is 8.32. The molecule has 0 aromatic carbocycles. The van der Waals surface area contributed by atoms with Gasteiger partial charge in [-0.3, -0.25) is 0 Å². The van der Waals surface area contributed by atoms with E-state index in [9.17, 15) is 0 Å². The van der Waals surface area contributed by atoms with Gasteiger partial charge in [0.25, 0.3) is 0 Å². The molecule has 0 nitrogen and oxygen atoms in total. The molecular formula is C11H16. The normalized spacial score (nSPS) is 19.5. The summed E-state index contributed by atoms with van der Waals surface area (Å²) >= 11 is 0. The van der Waals surface area contributed by atoms with Crippen molar-refractivity contribution < 1.29 is 0 Å². The highest BCUT2D eigenvalue weighted by atomic mass is 14.0. The van der Waals surface area contributed by atoms with Gasteiger partial charge in [0.2, 0.25) is 0 Å². The van der Waals surface area contributed by atoms with Crippen molar-refractivity contribution in [2.45, 2.75) is 32.6 Å². The van der Waals surface area contributed by atoms with Gasteiger partial charge in [-0.05, 0) is 32.6 Å². The van der Waals surface area contributed by atoms with Crippen molar-refractivity contribution in [3.05, 3.63) is 36.0 Å². The van der Waals surface area contributed by atoms with Gasteiger partial charge in [-0.25, -0.2) is 0 Å². The highest BCUT2D eigenvalue weighted by Crippen LogP contribution is 2.09. The third kappa shape index (κ3) is 3.82. The van der Waals surface area contributed by atoms with E-state index in [1.807, 2.05) is 0 Å². The maximum absolute atomic E-state index is 2.32. The highest BCUT2D eigenvalue weighted by molar-refractivity contribution is 5.09. The lowest BCUT2D eigenvalue weighted by molar-refractivity contribution is 0.828. The molecule has 0 saturated carbocycles. The molecule has 0 aliphatic heterocycles. The summed E-state index contributed by atoms with van der Waals surface area (Å²) in [5.41, 5.74) is 1.53. The van der Waals surface area contributed by atoms with E-state index in [-0.39, 0.29) is 0 Å². The van der Waals surface area contributed by atoms with Gasteiger partial charge in [-0.15, -0.1) is 0 Å². The van der Waals surface area contributed by atoms with E-state index in [2.05, 4.69) is 37.3 Å². The van der Waals surface area contributed by atoms with Gasteiger partial charge in [0.1, 0.15) is 0 Å². The summed E-state index contributed by atoms with van der Waals surface area (Å²) in [7, 11) is 0. The Labute approximate surface area is 69.3 Å². The van der Waals surface area contributed by atoms with E-state index in [0.29, 0.717) is 0 Å². The summed E-state index contributed by atoms with van der Waals surface area (Å²) in [6.45, 7) is 2.22. The lowest BCUT2D eigenvalue weighted by Crippen LogP contribution is -1.78. The molecule has 0 bridgehead atoms. The van der Waals surface area contributed by atoms with Crippen LogP contribution in [0.2, 0.25) is 0 Å². The minimum Gasteiger partial charge on any atom is -0.0845 e. The lowest BCUT2D eigenvalue weighted by Gasteiger charge is -1.99. The van der Waals surface area contributed by atoms with Crippen LogP contribution in [0.4, 0.5) is 0 Å². The van der Waals surface area contributed by atoms with Crippen molar-refractivity contribution in [3.63, 3.8) is 0 Å². The van der Waals surface area contributed by atoms with E-state index < -0.39 is 0 Å². The zero-order chi connectivity index (χ0) is 7.94. The van der Waals surface area contributed by atoms with E-state index in [4.69, 9.17) is 0 Å². The molecule has 0 amide bonds. The molecule has 0 fully saturated rings. The lowest BCUT2D eigenvalue weighted by atomic mass is 10.1. The predicted octanol–water partition coefficient (Wildman–Crippen LogP) is 3.62. The fourth-order valence-corrected chi connectivity index (χ4v) is 1.20. The van der Waals surface area contributed by atoms with Crippen LogP contribution in [0, 0.1) is 0 Å². The third-order valence-corrected chi connectivity index (χ3v) is 1.93. The van der Waals surface area contributed by atoms with Crippen molar-refractivity contribution in [3.8, 4) is 0 Å². The zero-order valence-corrected chi connectivity index (χ0v) is 7.22. The van der Waals surface area contributed by atoms with Crippen molar-refractivity contribution in [1.82, 2.24) is 0 Å².